The van der Waals surface area contributed by atoms with Crippen LogP contribution in [0.15, 0.2) is 48.9 Å². The number of imidazole rings is 1. The second-order valence-corrected chi connectivity index (χ2v) is 7.73. The molecule has 1 spiro atoms. The highest BCUT2D eigenvalue weighted by atomic mass is 16.3. The Morgan fingerprint density at radius 2 is 2.07 bits per heavy atom. The van der Waals surface area contributed by atoms with E-state index in [-0.39, 0.29) is 30.9 Å². The van der Waals surface area contributed by atoms with Crippen molar-refractivity contribution in [2.24, 2.45) is 18.4 Å². The molecule has 3 aromatic rings. The maximum absolute atomic E-state index is 13.2. The number of aliphatic hydroxyl groups is 2. The molecule has 4 atom stereocenters. The van der Waals surface area contributed by atoms with Gasteiger partial charge in [-0.3, -0.25) is 4.79 Å². The van der Waals surface area contributed by atoms with Gasteiger partial charge >= 0.3 is 0 Å². The van der Waals surface area contributed by atoms with Crippen LogP contribution in [0.5, 0.6) is 0 Å². The normalized spacial score (nSPS) is 29.7. The summed E-state index contributed by atoms with van der Waals surface area (Å²) >= 11 is 0. The van der Waals surface area contributed by atoms with E-state index in [4.69, 9.17) is 0 Å². The van der Waals surface area contributed by atoms with E-state index in [9.17, 15) is 15.0 Å². The van der Waals surface area contributed by atoms with E-state index in [1.165, 1.54) is 0 Å². The molecule has 1 aromatic carbocycles. The smallest absolute Gasteiger partial charge is 0.259 e. The van der Waals surface area contributed by atoms with Crippen molar-refractivity contribution in [3.05, 3.63) is 60.0 Å². The number of amides is 1. The fraction of sp³-hybridized carbons (Fsp3) is 0.400. The number of fused-ring (bicyclic) bond motifs is 1. The van der Waals surface area contributed by atoms with Crippen LogP contribution in [0.1, 0.15) is 21.8 Å². The van der Waals surface area contributed by atoms with Crippen LogP contribution in [-0.2, 0) is 7.05 Å². The summed E-state index contributed by atoms with van der Waals surface area (Å²) in [6.07, 6.45) is 4.59. The van der Waals surface area contributed by atoms with E-state index >= 15 is 0 Å². The molecule has 0 unspecified atom stereocenters. The van der Waals surface area contributed by atoms with Gasteiger partial charge in [0.2, 0.25) is 0 Å². The molecule has 7 nitrogen and oxygen atoms in total. The SMILES string of the molecule is Cn1ccn2ncc(C(=O)N3C[C@@H](O)[C@@]4(C3)[C@H](CO)[C@H]4c3ccccc3)c12. The molecule has 5 rings (SSSR count). The van der Waals surface area contributed by atoms with Gasteiger partial charge in [0.15, 0.2) is 0 Å². The Labute approximate surface area is 156 Å². The summed E-state index contributed by atoms with van der Waals surface area (Å²) in [6, 6.07) is 9.96. The second kappa shape index (κ2) is 5.68. The van der Waals surface area contributed by atoms with Gasteiger partial charge in [-0.1, -0.05) is 30.3 Å². The summed E-state index contributed by atoms with van der Waals surface area (Å²) in [5, 5.41) is 25.0. The molecule has 1 amide bonds. The molecule has 0 bridgehead atoms. The predicted molar refractivity (Wildman–Crippen MR) is 98.3 cm³/mol. The minimum Gasteiger partial charge on any atom is -0.396 e. The highest BCUT2D eigenvalue weighted by molar-refractivity contribution is 6.00. The highest BCUT2D eigenvalue weighted by Crippen LogP contribution is 2.68. The van der Waals surface area contributed by atoms with Crippen LogP contribution in [0.3, 0.4) is 0 Å². The van der Waals surface area contributed by atoms with E-state index in [1.54, 1.807) is 21.8 Å². The molecule has 3 heterocycles. The van der Waals surface area contributed by atoms with Crippen LogP contribution in [0.25, 0.3) is 5.65 Å². The largest absolute Gasteiger partial charge is 0.396 e. The molecule has 2 N–H and O–H groups in total. The third kappa shape index (κ3) is 2.15. The zero-order valence-electron chi connectivity index (χ0n) is 15.1. The molecule has 27 heavy (non-hydrogen) atoms. The number of hydrogen-bond acceptors (Lipinski definition) is 4. The number of carbonyl (C=O) groups excluding carboxylic acids is 1. The third-order valence-corrected chi connectivity index (χ3v) is 6.45. The highest BCUT2D eigenvalue weighted by Gasteiger charge is 2.71. The molecule has 7 heteroatoms. The van der Waals surface area contributed by atoms with Crippen molar-refractivity contribution in [2.75, 3.05) is 19.7 Å². The zero-order valence-corrected chi connectivity index (χ0v) is 15.1. The van der Waals surface area contributed by atoms with Crippen LogP contribution in [0.2, 0.25) is 0 Å². The first-order valence-corrected chi connectivity index (χ1v) is 9.19. The lowest BCUT2D eigenvalue weighted by Crippen LogP contribution is -2.30. The average molecular weight is 366 g/mol. The minimum atomic E-state index is -0.650. The zero-order chi connectivity index (χ0) is 18.8. The Morgan fingerprint density at radius 3 is 2.81 bits per heavy atom. The Hall–Kier alpha value is -2.64. The molecule has 2 aliphatic rings. The number of carbonyl (C=O) groups is 1. The molecule has 2 aromatic heterocycles. The Bertz CT molecular complexity index is 1010. The van der Waals surface area contributed by atoms with Gasteiger partial charge < -0.3 is 19.7 Å². The first kappa shape index (κ1) is 16.5. The summed E-state index contributed by atoms with van der Waals surface area (Å²) < 4.78 is 3.54. The van der Waals surface area contributed by atoms with Gasteiger partial charge in [0, 0.05) is 44.6 Å². The molecule has 1 aliphatic carbocycles. The van der Waals surface area contributed by atoms with Gasteiger partial charge in [-0.15, -0.1) is 0 Å². The topological polar surface area (TPSA) is 83.0 Å². The van der Waals surface area contributed by atoms with Crippen molar-refractivity contribution in [3.8, 4) is 0 Å². The summed E-state index contributed by atoms with van der Waals surface area (Å²) in [5.41, 5.74) is 1.92. The van der Waals surface area contributed by atoms with E-state index in [0.29, 0.717) is 12.1 Å². The van der Waals surface area contributed by atoms with E-state index in [1.807, 2.05) is 48.1 Å². The maximum atomic E-state index is 13.2. The summed E-state index contributed by atoms with van der Waals surface area (Å²) in [6.45, 7) is 0.731. The predicted octanol–water partition coefficient (Wildman–Crippen LogP) is 0.882. The average Bonchev–Trinajstić information content (AvgIpc) is 2.98. The summed E-state index contributed by atoms with van der Waals surface area (Å²) in [4.78, 5) is 14.9. The lowest BCUT2D eigenvalue weighted by molar-refractivity contribution is 0.0765. The number of likely N-dealkylation sites (tertiary alicyclic amines) is 1. The number of hydrogen-bond donors (Lipinski definition) is 2. The van der Waals surface area contributed by atoms with Crippen molar-refractivity contribution in [3.63, 3.8) is 0 Å². The second-order valence-electron chi connectivity index (χ2n) is 7.73. The van der Waals surface area contributed by atoms with Crippen LogP contribution in [-0.4, -0.2) is 61.0 Å². The first-order valence-electron chi connectivity index (χ1n) is 9.19. The number of benzene rings is 1. The minimum absolute atomic E-state index is 0.00842. The fourth-order valence-electron chi connectivity index (χ4n) is 5.09. The van der Waals surface area contributed by atoms with Gasteiger partial charge in [-0.25, -0.2) is 4.52 Å². The molecule has 2 fully saturated rings. The van der Waals surface area contributed by atoms with Crippen molar-refractivity contribution < 1.29 is 15.0 Å². The quantitative estimate of drug-likeness (QED) is 0.721. The molecule has 1 saturated carbocycles. The number of β-amino-alcohol motifs (C(OH)–C–C–N with tert-alkyl or cyclic N) is 1. The third-order valence-electron chi connectivity index (χ3n) is 6.45. The number of aryl methyl sites for hydroxylation is 1. The number of rotatable bonds is 3. The fourth-order valence-corrected chi connectivity index (χ4v) is 5.09. The summed E-state index contributed by atoms with van der Waals surface area (Å²) in [7, 11) is 1.88. The lowest BCUT2D eigenvalue weighted by Gasteiger charge is -2.16. The molecule has 1 saturated heterocycles. The van der Waals surface area contributed by atoms with Crippen molar-refractivity contribution in [1.29, 1.82) is 0 Å². The molecule has 140 valence electrons. The van der Waals surface area contributed by atoms with Crippen molar-refractivity contribution in [2.45, 2.75) is 12.0 Å². The van der Waals surface area contributed by atoms with Crippen molar-refractivity contribution in [1.82, 2.24) is 19.1 Å². The lowest BCUT2D eigenvalue weighted by atomic mass is 9.95. The number of aromatic nitrogens is 3. The van der Waals surface area contributed by atoms with Crippen LogP contribution in [0, 0.1) is 11.3 Å². The molecular weight excluding hydrogens is 344 g/mol. The Morgan fingerprint density at radius 1 is 1.30 bits per heavy atom. The van der Waals surface area contributed by atoms with Gasteiger partial charge in [-0.2, -0.15) is 5.10 Å². The standard InChI is InChI=1S/C20H22N4O3/c1-22-7-8-24-18(22)14(9-21-24)19(27)23-10-16(26)20(12-23)15(11-25)17(20)13-5-3-2-4-6-13/h2-9,15-17,25-26H,10-12H2,1H3/t15-,16-,17-,20-/m1/s1. The number of aliphatic hydroxyl groups excluding tert-OH is 2. The van der Waals surface area contributed by atoms with E-state index < -0.39 is 11.5 Å². The monoisotopic (exact) mass is 366 g/mol. The van der Waals surface area contributed by atoms with E-state index in [2.05, 4.69) is 5.10 Å². The van der Waals surface area contributed by atoms with Gasteiger partial charge in [0.25, 0.3) is 5.91 Å². The Balaban J connectivity index is 1.46. The molecular formula is C20H22N4O3. The van der Waals surface area contributed by atoms with Crippen LogP contribution >= 0.6 is 0 Å². The van der Waals surface area contributed by atoms with Crippen LogP contribution in [0.4, 0.5) is 0 Å². The van der Waals surface area contributed by atoms with Gasteiger partial charge in [0.05, 0.1) is 12.3 Å². The Kier molecular flexibility index (Phi) is 3.47. The molecule has 1 aliphatic heterocycles. The van der Waals surface area contributed by atoms with E-state index in [0.717, 1.165) is 11.2 Å². The molecule has 0 radical (unpaired) electrons. The van der Waals surface area contributed by atoms with Crippen LogP contribution < -0.4 is 0 Å². The van der Waals surface area contributed by atoms with Gasteiger partial charge in [-0.05, 0) is 17.4 Å². The van der Waals surface area contributed by atoms with Gasteiger partial charge in [0.1, 0.15) is 11.2 Å². The summed E-state index contributed by atoms with van der Waals surface area (Å²) in [5.74, 6) is -0.0910. The van der Waals surface area contributed by atoms with Crippen molar-refractivity contribution >= 4 is 11.6 Å². The maximum Gasteiger partial charge on any atom is 0.259 e. The first-order chi connectivity index (χ1) is 13.1. The number of nitrogens with zero attached hydrogens (tertiary/aromatic N) is 4.